The SMILES string of the molecule is COc1ccc(C=CC(=O)NC2N=C(c3ccccc3)c3ccccc3-n3c(C)nnc32)cc1. The van der Waals surface area contributed by atoms with Gasteiger partial charge in [0.05, 0.1) is 18.5 Å². The molecule has 7 nitrogen and oxygen atoms in total. The third-order valence-electron chi connectivity index (χ3n) is 5.62. The van der Waals surface area contributed by atoms with E-state index in [4.69, 9.17) is 9.73 Å². The number of hydrogen-bond donors (Lipinski definition) is 1. The second kappa shape index (κ2) is 9.15. The number of methoxy groups -OCH3 is 1. The first kappa shape index (κ1) is 21.3. The number of amides is 1. The lowest BCUT2D eigenvalue weighted by Crippen LogP contribution is -2.28. The molecule has 1 aliphatic rings. The van der Waals surface area contributed by atoms with Crippen LogP contribution in [0.15, 0.2) is 89.9 Å². The van der Waals surface area contributed by atoms with Crippen molar-refractivity contribution < 1.29 is 9.53 Å². The molecule has 2 heterocycles. The fourth-order valence-corrected chi connectivity index (χ4v) is 3.97. The summed E-state index contributed by atoms with van der Waals surface area (Å²) in [5.41, 5.74) is 4.50. The van der Waals surface area contributed by atoms with E-state index in [2.05, 4.69) is 15.5 Å². The number of aryl methyl sites for hydroxylation is 1. The van der Waals surface area contributed by atoms with Crippen LogP contribution in [-0.4, -0.2) is 33.5 Å². The van der Waals surface area contributed by atoms with E-state index in [-0.39, 0.29) is 5.91 Å². The van der Waals surface area contributed by atoms with Crippen LogP contribution in [-0.2, 0) is 4.79 Å². The van der Waals surface area contributed by atoms with Gasteiger partial charge >= 0.3 is 0 Å². The zero-order valence-corrected chi connectivity index (χ0v) is 18.8. The number of carbonyl (C=O) groups excluding carboxylic acids is 1. The topological polar surface area (TPSA) is 81.4 Å². The normalized spacial score (nSPS) is 14.6. The predicted octanol–water partition coefficient (Wildman–Crippen LogP) is 4.26. The van der Waals surface area contributed by atoms with Gasteiger partial charge in [0.2, 0.25) is 5.91 Å². The number of nitrogens with one attached hydrogen (secondary N) is 1. The Morgan fingerprint density at radius 3 is 2.47 bits per heavy atom. The van der Waals surface area contributed by atoms with Gasteiger partial charge < -0.3 is 10.1 Å². The Bertz CT molecular complexity index is 1390. The second-order valence-corrected chi connectivity index (χ2v) is 7.82. The van der Waals surface area contributed by atoms with Crippen LogP contribution in [0, 0.1) is 6.92 Å². The molecule has 0 saturated carbocycles. The van der Waals surface area contributed by atoms with Crippen molar-refractivity contribution in [2.75, 3.05) is 7.11 Å². The zero-order chi connectivity index (χ0) is 23.5. The molecule has 0 spiro atoms. The molecule has 1 unspecified atom stereocenters. The number of hydrogen-bond acceptors (Lipinski definition) is 5. The summed E-state index contributed by atoms with van der Waals surface area (Å²) >= 11 is 0. The third-order valence-corrected chi connectivity index (χ3v) is 5.62. The van der Waals surface area contributed by atoms with E-state index in [0.717, 1.165) is 39.7 Å². The van der Waals surface area contributed by atoms with E-state index in [9.17, 15) is 4.79 Å². The van der Waals surface area contributed by atoms with E-state index in [1.165, 1.54) is 6.08 Å². The molecule has 0 radical (unpaired) electrons. The molecule has 34 heavy (non-hydrogen) atoms. The Kier molecular flexibility index (Phi) is 5.74. The maximum atomic E-state index is 12.9. The van der Waals surface area contributed by atoms with Crippen molar-refractivity contribution in [2.45, 2.75) is 13.1 Å². The molecule has 168 valence electrons. The molecule has 0 aliphatic carbocycles. The third kappa shape index (κ3) is 4.11. The van der Waals surface area contributed by atoms with E-state index in [0.29, 0.717) is 5.82 Å². The Morgan fingerprint density at radius 1 is 0.971 bits per heavy atom. The summed E-state index contributed by atoms with van der Waals surface area (Å²) < 4.78 is 7.13. The van der Waals surface area contributed by atoms with Crippen LogP contribution in [0.4, 0.5) is 0 Å². The van der Waals surface area contributed by atoms with Gasteiger partial charge in [-0.15, -0.1) is 10.2 Å². The van der Waals surface area contributed by atoms with Crippen LogP contribution in [0.2, 0.25) is 0 Å². The number of aliphatic imine (C=N–C) groups is 1. The van der Waals surface area contributed by atoms with E-state index in [1.807, 2.05) is 90.4 Å². The van der Waals surface area contributed by atoms with Crippen molar-refractivity contribution in [1.29, 1.82) is 0 Å². The Hall–Kier alpha value is -4.52. The lowest BCUT2D eigenvalue weighted by atomic mass is 10.0. The molecule has 5 rings (SSSR count). The first-order chi connectivity index (χ1) is 16.6. The van der Waals surface area contributed by atoms with Crippen LogP contribution >= 0.6 is 0 Å². The fourth-order valence-electron chi connectivity index (χ4n) is 3.97. The average molecular weight is 450 g/mol. The standard InChI is InChI=1S/C27H23N5O2/c1-18-30-31-27-26(28-24(33)17-14-19-12-15-21(34-2)16-13-19)29-25(20-8-4-3-5-9-20)22-10-6-7-11-23(22)32(18)27/h3-17,26H,1-2H3,(H,28,33). The number of aromatic nitrogens is 3. The number of benzene rings is 3. The summed E-state index contributed by atoms with van der Waals surface area (Å²) in [5.74, 6) is 1.76. The maximum absolute atomic E-state index is 12.9. The molecule has 1 atom stereocenters. The molecular weight excluding hydrogens is 426 g/mol. The summed E-state index contributed by atoms with van der Waals surface area (Å²) in [7, 11) is 1.62. The first-order valence-electron chi connectivity index (χ1n) is 10.9. The van der Waals surface area contributed by atoms with Crippen molar-refractivity contribution in [3.63, 3.8) is 0 Å². The summed E-state index contributed by atoms with van der Waals surface area (Å²) in [6, 6.07) is 25.4. The quantitative estimate of drug-likeness (QED) is 0.462. The number of carbonyl (C=O) groups is 1. The van der Waals surface area contributed by atoms with Crippen LogP contribution in [0.5, 0.6) is 5.75 Å². The van der Waals surface area contributed by atoms with E-state index >= 15 is 0 Å². The minimum Gasteiger partial charge on any atom is -0.497 e. The summed E-state index contributed by atoms with van der Waals surface area (Å²) in [6.07, 6.45) is 2.53. The van der Waals surface area contributed by atoms with Crippen molar-refractivity contribution in [2.24, 2.45) is 4.99 Å². The number of fused-ring (bicyclic) bond motifs is 3. The Labute approximate surface area is 197 Å². The van der Waals surface area contributed by atoms with Gasteiger partial charge in [0.15, 0.2) is 12.0 Å². The van der Waals surface area contributed by atoms with Crippen molar-refractivity contribution in [1.82, 2.24) is 20.1 Å². The highest BCUT2D eigenvalue weighted by atomic mass is 16.5. The molecule has 0 saturated heterocycles. The number of para-hydroxylation sites is 1. The van der Waals surface area contributed by atoms with Gasteiger partial charge in [-0.2, -0.15) is 0 Å². The van der Waals surface area contributed by atoms with E-state index < -0.39 is 6.17 Å². The molecule has 1 amide bonds. The molecule has 4 aromatic rings. The van der Waals surface area contributed by atoms with Crippen LogP contribution in [0.1, 0.15) is 34.5 Å². The van der Waals surface area contributed by atoms with Crippen molar-refractivity contribution in [3.8, 4) is 11.4 Å². The van der Waals surface area contributed by atoms with Gasteiger partial charge in [-0.1, -0.05) is 60.7 Å². The van der Waals surface area contributed by atoms with Crippen molar-refractivity contribution >= 4 is 17.7 Å². The molecule has 1 aromatic heterocycles. The molecule has 7 heteroatoms. The molecule has 1 aliphatic heterocycles. The highest BCUT2D eigenvalue weighted by Gasteiger charge is 2.28. The average Bonchev–Trinajstić information content (AvgIpc) is 3.20. The monoisotopic (exact) mass is 449 g/mol. The fraction of sp³-hybridized carbons (Fsp3) is 0.111. The van der Waals surface area contributed by atoms with Gasteiger partial charge in [-0.25, -0.2) is 0 Å². The van der Waals surface area contributed by atoms with Gasteiger partial charge in [-0.05, 0) is 36.8 Å². The van der Waals surface area contributed by atoms with E-state index in [1.54, 1.807) is 13.2 Å². The second-order valence-electron chi connectivity index (χ2n) is 7.82. The lowest BCUT2D eigenvalue weighted by Gasteiger charge is -2.13. The first-order valence-corrected chi connectivity index (χ1v) is 10.9. The molecule has 3 aromatic carbocycles. The van der Waals surface area contributed by atoms with Gasteiger partial charge in [-0.3, -0.25) is 14.4 Å². The van der Waals surface area contributed by atoms with Gasteiger partial charge in [0, 0.05) is 17.2 Å². The minimum absolute atomic E-state index is 0.282. The lowest BCUT2D eigenvalue weighted by molar-refractivity contribution is -0.117. The smallest absolute Gasteiger partial charge is 0.245 e. The molecule has 0 fully saturated rings. The molecular formula is C27H23N5O2. The largest absolute Gasteiger partial charge is 0.497 e. The molecule has 1 N–H and O–H groups in total. The van der Waals surface area contributed by atoms with Crippen LogP contribution < -0.4 is 10.1 Å². The van der Waals surface area contributed by atoms with Crippen molar-refractivity contribution in [3.05, 3.63) is 113 Å². The summed E-state index contributed by atoms with van der Waals surface area (Å²) in [4.78, 5) is 17.9. The number of ether oxygens (including phenoxy) is 1. The maximum Gasteiger partial charge on any atom is 0.245 e. The van der Waals surface area contributed by atoms with Crippen LogP contribution in [0.25, 0.3) is 11.8 Å². The summed E-state index contributed by atoms with van der Waals surface area (Å²) in [5, 5.41) is 11.6. The Balaban J connectivity index is 1.52. The Morgan fingerprint density at radius 2 is 1.71 bits per heavy atom. The van der Waals surface area contributed by atoms with Crippen LogP contribution in [0.3, 0.4) is 0 Å². The molecule has 0 bridgehead atoms. The number of rotatable bonds is 5. The number of nitrogens with zero attached hydrogens (tertiary/aromatic N) is 4. The zero-order valence-electron chi connectivity index (χ0n) is 18.8. The highest BCUT2D eigenvalue weighted by molar-refractivity contribution is 6.15. The van der Waals surface area contributed by atoms with Gasteiger partial charge in [0.25, 0.3) is 0 Å². The predicted molar refractivity (Wildman–Crippen MR) is 131 cm³/mol. The minimum atomic E-state index is -0.711. The summed E-state index contributed by atoms with van der Waals surface area (Å²) in [6.45, 7) is 1.89. The highest BCUT2D eigenvalue weighted by Crippen LogP contribution is 2.29. The van der Waals surface area contributed by atoms with Gasteiger partial charge in [0.1, 0.15) is 11.6 Å².